The van der Waals surface area contributed by atoms with Crippen LogP contribution >= 0.6 is 11.8 Å². The number of thioether (sulfide) groups is 1. The number of nitrogens with zero attached hydrogens (tertiary/aromatic N) is 2. The summed E-state index contributed by atoms with van der Waals surface area (Å²) < 4.78 is 19.1. The van der Waals surface area contributed by atoms with E-state index in [-0.39, 0.29) is 12.4 Å². The zero-order chi connectivity index (χ0) is 14.4. The van der Waals surface area contributed by atoms with Crippen LogP contribution in [0.4, 0.5) is 10.2 Å². The SMILES string of the molecule is CCNc1cc(OCc2ccccc2F)nc(SC)n1. The summed E-state index contributed by atoms with van der Waals surface area (Å²) >= 11 is 1.43. The van der Waals surface area contributed by atoms with Gasteiger partial charge in [-0.25, -0.2) is 9.37 Å². The Hall–Kier alpha value is -1.82. The van der Waals surface area contributed by atoms with Gasteiger partial charge in [-0.15, -0.1) is 0 Å². The van der Waals surface area contributed by atoms with Crippen LogP contribution in [-0.2, 0) is 6.61 Å². The van der Waals surface area contributed by atoms with Crippen LogP contribution in [0.15, 0.2) is 35.5 Å². The van der Waals surface area contributed by atoms with E-state index in [1.807, 2.05) is 13.2 Å². The molecule has 4 nitrogen and oxygen atoms in total. The zero-order valence-electron chi connectivity index (χ0n) is 11.4. The molecule has 1 aromatic heterocycles. The van der Waals surface area contributed by atoms with Gasteiger partial charge in [-0.2, -0.15) is 4.98 Å². The topological polar surface area (TPSA) is 47.0 Å². The Kier molecular flexibility index (Phi) is 5.17. The summed E-state index contributed by atoms with van der Waals surface area (Å²) in [6, 6.07) is 8.25. The highest BCUT2D eigenvalue weighted by Crippen LogP contribution is 2.20. The zero-order valence-corrected chi connectivity index (χ0v) is 12.2. The van der Waals surface area contributed by atoms with Crippen molar-refractivity contribution in [1.29, 1.82) is 0 Å². The van der Waals surface area contributed by atoms with Crippen LogP contribution in [0.1, 0.15) is 12.5 Å². The van der Waals surface area contributed by atoms with E-state index in [0.29, 0.717) is 22.4 Å². The van der Waals surface area contributed by atoms with Gasteiger partial charge in [0.2, 0.25) is 5.88 Å². The minimum Gasteiger partial charge on any atom is -0.473 e. The smallest absolute Gasteiger partial charge is 0.219 e. The van der Waals surface area contributed by atoms with Crippen LogP contribution < -0.4 is 10.1 Å². The predicted molar refractivity (Wildman–Crippen MR) is 78.7 cm³/mol. The van der Waals surface area contributed by atoms with Gasteiger partial charge < -0.3 is 10.1 Å². The molecule has 1 N–H and O–H groups in total. The summed E-state index contributed by atoms with van der Waals surface area (Å²) in [5.41, 5.74) is 0.502. The molecule has 1 aromatic carbocycles. The van der Waals surface area contributed by atoms with Crippen molar-refractivity contribution in [2.45, 2.75) is 18.7 Å². The summed E-state index contributed by atoms with van der Waals surface area (Å²) in [7, 11) is 0. The fourth-order valence-corrected chi connectivity index (χ4v) is 1.98. The maximum absolute atomic E-state index is 13.5. The number of halogens is 1. The molecule has 0 amide bonds. The van der Waals surface area contributed by atoms with Gasteiger partial charge in [0.25, 0.3) is 0 Å². The average molecular weight is 293 g/mol. The standard InChI is InChI=1S/C14H16FN3OS/c1-3-16-12-8-13(18-14(17-12)20-2)19-9-10-6-4-5-7-11(10)15/h4-8H,3,9H2,1-2H3,(H,16,17,18). The molecule has 2 aromatic rings. The van der Waals surface area contributed by atoms with Gasteiger partial charge >= 0.3 is 0 Å². The summed E-state index contributed by atoms with van der Waals surface area (Å²) in [5, 5.41) is 3.73. The number of hydrogen-bond donors (Lipinski definition) is 1. The first-order valence-corrected chi connectivity index (χ1v) is 7.48. The molecule has 20 heavy (non-hydrogen) atoms. The first-order chi connectivity index (χ1) is 9.72. The Morgan fingerprint density at radius 1 is 1.30 bits per heavy atom. The highest BCUT2D eigenvalue weighted by molar-refractivity contribution is 7.98. The van der Waals surface area contributed by atoms with E-state index in [4.69, 9.17) is 4.74 Å². The molecule has 0 aliphatic rings. The fourth-order valence-electron chi connectivity index (χ4n) is 1.61. The summed E-state index contributed by atoms with van der Waals surface area (Å²) in [6.07, 6.45) is 1.89. The lowest BCUT2D eigenvalue weighted by Gasteiger charge is -2.09. The van der Waals surface area contributed by atoms with Crippen molar-refractivity contribution in [3.05, 3.63) is 41.7 Å². The Labute approximate surface area is 121 Å². The molecule has 2 rings (SSSR count). The minimum absolute atomic E-state index is 0.142. The van der Waals surface area contributed by atoms with E-state index >= 15 is 0 Å². The van der Waals surface area contributed by atoms with Gasteiger partial charge in [-0.1, -0.05) is 30.0 Å². The van der Waals surface area contributed by atoms with Gasteiger partial charge in [0.1, 0.15) is 18.2 Å². The van der Waals surface area contributed by atoms with E-state index in [2.05, 4.69) is 15.3 Å². The second-order valence-electron chi connectivity index (χ2n) is 3.99. The molecule has 0 radical (unpaired) electrons. The van der Waals surface area contributed by atoms with Crippen LogP contribution in [0.25, 0.3) is 0 Å². The second kappa shape index (κ2) is 7.09. The molecular weight excluding hydrogens is 277 g/mol. The third-order valence-corrected chi connectivity index (χ3v) is 3.10. The van der Waals surface area contributed by atoms with Gasteiger partial charge in [-0.3, -0.25) is 0 Å². The number of anilines is 1. The second-order valence-corrected chi connectivity index (χ2v) is 4.76. The third-order valence-electron chi connectivity index (χ3n) is 2.56. The first-order valence-electron chi connectivity index (χ1n) is 6.26. The van der Waals surface area contributed by atoms with Crippen LogP contribution in [0, 0.1) is 5.82 Å². The molecule has 106 valence electrons. The lowest BCUT2D eigenvalue weighted by molar-refractivity contribution is 0.285. The number of benzene rings is 1. The Bertz CT molecular complexity index is 580. The van der Waals surface area contributed by atoms with E-state index in [9.17, 15) is 4.39 Å². The molecule has 0 aliphatic carbocycles. The molecule has 0 fully saturated rings. The quantitative estimate of drug-likeness (QED) is 0.654. The fraction of sp³-hybridized carbons (Fsp3) is 0.286. The molecule has 0 unspecified atom stereocenters. The van der Waals surface area contributed by atoms with E-state index < -0.39 is 0 Å². The molecule has 0 spiro atoms. The number of aromatic nitrogens is 2. The molecule has 1 heterocycles. The Morgan fingerprint density at radius 2 is 2.10 bits per heavy atom. The monoisotopic (exact) mass is 293 g/mol. The Morgan fingerprint density at radius 3 is 2.80 bits per heavy atom. The summed E-state index contributed by atoms with van der Waals surface area (Å²) in [4.78, 5) is 8.55. The van der Waals surface area contributed by atoms with Crippen molar-refractivity contribution >= 4 is 17.6 Å². The first kappa shape index (κ1) is 14.6. The van der Waals surface area contributed by atoms with Crippen molar-refractivity contribution in [1.82, 2.24) is 9.97 Å². The van der Waals surface area contributed by atoms with Gasteiger partial charge in [0, 0.05) is 18.2 Å². The molecule has 0 atom stereocenters. The van der Waals surface area contributed by atoms with Crippen molar-refractivity contribution < 1.29 is 9.13 Å². The van der Waals surface area contributed by atoms with Crippen LogP contribution in [-0.4, -0.2) is 22.8 Å². The normalized spacial score (nSPS) is 10.3. The minimum atomic E-state index is -0.279. The number of rotatable bonds is 6. The number of hydrogen-bond acceptors (Lipinski definition) is 5. The van der Waals surface area contributed by atoms with E-state index in [0.717, 1.165) is 6.54 Å². The molecule has 0 saturated carbocycles. The lowest BCUT2D eigenvalue weighted by atomic mass is 10.2. The maximum Gasteiger partial charge on any atom is 0.219 e. The van der Waals surface area contributed by atoms with Crippen molar-refractivity contribution in [3.63, 3.8) is 0 Å². The number of nitrogens with one attached hydrogen (secondary N) is 1. The van der Waals surface area contributed by atoms with Crippen LogP contribution in [0.3, 0.4) is 0 Å². The van der Waals surface area contributed by atoms with Crippen molar-refractivity contribution in [2.24, 2.45) is 0 Å². The third kappa shape index (κ3) is 3.84. The molecule has 0 aliphatic heterocycles. The van der Waals surface area contributed by atoms with Gasteiger partial charge in [0.15, 0.2) is 5.16 Å². The number of ether oxygens (including phenoxy) is 1. The highest BCUT2D eigenvalue weighted by Gasteiger charge is 2.06. The molecular formula is C14H16FN3OS. The molecule has 0 saturated heterocycles. The summed E-state index contributed by atoms with van der Waals surface area (Å²) in [5.74, 6) is 0.859. The largest absolute Gasteiger partial charge is 0.473 e. The van der Waals surface area contributed by atoms with E-state index in [1.54, 1.807) is 24.3 Å². The average Bonchev–Trinajstić information content (AvgIpc) is 2.46. The predicted octanol–water partition coefficient (Wildman–Crippen LogP) is 3.35. The molecule has 0 bridgehead atoms. The van der Waals surface area contributed by atoms with Crippen molar-refractivity contribution in [2.75, 3.05) is 18.1 Å². The van der Waals surface area contributed by atoms with Crippen LogP contribution in [0.2, 0.25) is 0 Å². The van der Waals surface area contributed by atoms with Gasteiger partial charge in [0.05, 0.1) is 0 Å². The lowest BCUT2D eigenvalue weighted by Crippen LogP contribution is -2.04. The maximum atomic E-state index is 13.5. The van der Waals surface area contributed by atoms with Crippen molar-refractivity contribution in [3.8, 4) is 5.88 Å². The van der Waals surface area contributed by atoms with Gasteiger partial charge in [-0.05, 0) is 19.2 Å². The summed E-state index contributed by atoms with van der Waals surface area (Å²) in [6.45, 7) is 2.89. The van der Waals surface area contributed by atoms with E-state index in [1.165, 1.54) is 17.8 Å². The van der Waals surface area contributed by atoms with Crippen LogP contribution in [0.5, 0.6) is 5.88 Å². The Balaban J connectivity index is 2.12. The molecule has 6 heteroatoms. The highest BCUT2D eigenvalue weighted by atomic mass is 32.2.